The van der Waals surface area contributed by atoms with Crippen LogP contribution in [0.5, 0.6) is 0 Å². The topological polar surface area (TPSA) is 86.1 Å². The lowest BCUT2D eigenvalue weighted by atomic mass is 10.2. The van der Waals surface area contributed by atoms with Crippen LogP contribution in [0.4, 0.5) is 0 Å². The molecular weight excluding hydrogens is 320 g/mol. The molecule has 0 aliphatic rings. The van der Waals surface area contributed by atoms with E-state index in [2.05, 4.69) is 15.5 Å². The molecule has 7 nitrogen and oxygen atoms in total. The molecule has 0 aliphatic heterocycles. The summed E-state index contributed by atoms with van der Waals surface area (Å²) in [6, 6.07) is 18.5. The van der Waals surface area contributed by atoms with Gasteiger partial charge in [-0.2, -0.15) is 9.90 Å². The lowest BCUT2D eigenvalue weighted by Gasteiger charge is -2.05. The van der Waals surface area contributed by atoms with E-state index in [4.69, 9.17) is 4.74 Å². The normalized spacial score (nSPS) is 10.2. The van der Waals surface area contributed by atoms with Crippen LogP contribution in [0.15, 0.2) is 66.9 Å². The molecule has 0 saturated carbocycles. The van der Waals surface area contributed by atoms with Crippen molar-refractivity contribution >= 4 is 11.9 Å². The molecule has 0 aliphatic carbocycles. The SMILES string of the molecule is O=C(CNC(=O)c1cnn(-c2ccccc2)n1)OCc1ccccc1. The van der Waals surface area contributed by atoms with Gasteiger partial charge in [-0.3, -0.25) is 9.59 Å². The Labute approximate surface area is 144 Å². The molecule has 0 radical (unpaired) electrons. The average molecular weight is 336 g/mol. The number of amides is 1. The van der Waals surface area contributed by atoms with Crippen LogP contribution in [-0.2, 0) is 16.1 Å². The summed E-state index contributed by atoms with van der Waals surface area (Å²) in [4.78, 5) is 25.1. The van der Waals surface area contributed by atoms with Gasteiger partial charge in [-0.05, 0) is 17.7 Å². The van der Waals surface area contributed by atoms with Gasteiger partial charge in [-0.15, -0.1) is 5.10 Å². The summed E-state index contributed by atoms with van der Waals surface area (Å²) < 4.78 is 5.09. The number of carbonyl (C=O) groups excluding carboxylic acids is 2. The maximum atomic E-state index is 12.0. The van der Waals surface area contributed by atoms with Gasteiger partial charge in [0.1, 0.15) is 13.2 Å². The van der Waals surface area contributed by atoms with Gasteiger partial charge in [0.05, 0.1) is 11.9 Å². The van der Waals surface area contributed by atoms with Crippen LogP contribution in [-0.4, -0.2) is 33.4 Å². The van der Waals surface area contributed by atoms with Crippen LogP contribution in [0.1, 0.15) is 16.1 Å². The van der Waals surface area contributed by atoms with Crippen LogP contribution >= 0.6 is 0 Å². The Kier molecular flexibility index (Phi) is 5.16. The maximum absolute atomic E-state index is 12.0. The number of esters is 1. The van der Waals surface area contributed by atoms with E-state index in [-0.39, 0.29) is 18.8 Å². The minimum atomic E-state index is -0.521. The van der Waals surface area contributed by atoms with E-state index in [1.165, 1.54) is 11.0 Å². The molecule has 25 heavy (non-hydrogen) atoms. The first-order chi connectivity index (χ1) is 12.2. The number of carbonyl (C=O) groups is 2. The van der Waals surface area contributed by atoms with Crippen LogP contribution in [0.25, 0.3) is 5.69 Å². The van der Waals surface area contributed by atoms with Crippen molar-refractivity contribution in [1.29, 1.82) is 0 Å². The number of ether oxygens (including phenoxy) is 1. The molecule has 0 saturated heterocycles. The highest BCUT2D eigenvalue weighted by molar-refractivity contribution is 5.93. The number of hydrogen-bond donors (Lipinski definition) is 1. The second kappa shape index (κ2) is 7.87. The summed E-state index contributed by atoms with van der Waals surface area (Å²) in [5.74, 6) is -1.01. The Balaban J connectivity index is 1.49. The lowest BCUT2D eigenvalue weighted by Crippen LogP contribution is -2.30. The van der Waals surface area contributed by atoms with Crippen LogP contribution in [0.3, 0.4) is 0 Å². The van der Waals surface area contributed by atoms with Crippen LogP contribution in [0.2, 0.25) is 0 Å². The fraction of sp³-hybridized carbons (Fsp3) is 0.111. The molecular formula is C18H16N4O3. The molecule has 1 aromatic heterocycles. The summed E-state index contributed by atoms with van der Waals surface area (Å²) in [6.45, 7) is -0.0659. The van der Waals surface area contributed by atoms with E-state index >= 15 is 0 Å². The lowest BCUT2D eigenvalue weighted by molar-refractivity contribution is -0.143. The fourth-order valence-electron chi connectivity index (χ4n) is 2.08. The number of rotatable bonds is 6. The number of nitrogens with one attached hydrogen (secondary N) is 1. The second-order valence-electron chi connectivity index (χ2n) is 5.18. The number of nitrogens with zero attached hydrogens (tertiary/aromatic N) is 3. The van der Waals surface area contributed by atoms with Crippen molar-refractivity contribution in [1.82, 2.24) is 20.3 Å². The van der Waals surface area contributed by atoms with Gasteiger partial charge in [0, 0.05) is 0 Å². The van der Waals surface area contributed by atoms with E-state index < -0.39 is 11.9 Å². The van der Waals surface area contributed by atoms with Crippen LogP contribution < -0.4 is 5.32 Å². The van der Waals surface area contributed by atoms with E-state index in [0.29, 0.717) is 0 Å². The number of aromatic nitrogens is 3. The van der Waals surface area contributed by atoms with Crippen molar-refractivity contribution in [3.05, 3.63) is 78.1 Å². The third-order valence-electron chi connectivity index (χ3n) is 3.35. The van der Waals surface area contributed by atoms with Crippen molar-refractivity contribution in [2.75, 3.05) is 6.54 Å². The zero-order valence-electron chi connectivity index (χ0n) is 13.3. The number of para-hydroxylation sites is 1. The summed E-state index contributed by atoms with van der Waals surface area (Å²) >= 11 is 0. The summed E-state index contributed by atoms with van der Waals surface area (Å²) in [6.07, 6.45) is 1.34. The second-order valence-corrected chi connectivity index (χ2v) is 5.18. The Morgan fingerprint density at radius 1 is 1.00 bits per heavy atom. The molecule has 0 atom stereocenters. The smallest absolute Gasteiger partial charge is 0.325 e. The molecule has 7 heteroatoms. The van der Waals surface area contributed by atoms with Gasteiger partial charge in [0.2, 0.25) is 0 Å². The first-order valence-electron chi connectivity index (χ1n) is 7.68. The van der Waals surface area contributed by atoms with E-state index in [1.54, 1.807) is 0 Å². The Bertz CT molecular complexity index is 847. The number of benzene rings is 2. The first kappa shape index (κ1) is 16.4. The molecule has 0 spiro atoms. The first-order valence-corrected chi connectivity index (χ1v) is 7.68. The minimum Gasteiger partial charge on any atom is -0.460 e. The molecule has 1 N–H and O–H groups in total. The van der Waals surface area contributed by atoms with Crippen molar-refractivity contribution < 1.29 is 14.3 Å². The van der Waals surface area contributed by atoms with Crippen molar-refractivity contribution in [2.24, 2.45) is 0 Å². The van der Waals surface area contributed by atoms with Gasteiger partial charge < -0.3 is 10.1 Å². The standard InChI is InChI=1S/C18H16N4O3/c23-17(25-13-14-7-3-1-4-8-14)12-19-18(24)16-11-20-22(21-16)15-9-5-2-6-10-15/h1-11H,12-13H2,(H,19,24). The summed E-state index contributed by atoms with van der Waals surface area (Å²) in [5, 5.41) is 10.6. The number of hydrogen-bond acceptors (Lipinski definition) is 5. The highest BCUT2D eigenvalue weighted by Crippen LogP contribution is 2.04. The molecule has 0 bridgehead atoms. The maximum Gasteiger partial charge on any atom is 0.325 e. The molecule has 2 aromatic carbocycles. The summed E-state index contributed by atoms with van der Waals surface area (Å²) in [5.41, 5.74) is 1.75. The van der Waals surface area contributed by atoms with Crippen molar-refractivity contribution in [3.8, 4) is 5.69 Å². The molecule has 3 rings (SSSR count). The predicted octanol–water partition coefficient (Wildman–Crippen LogP) is 1.74. The molecule has 1 heterocycles. The monoisotopic (exact) mass is 336 g/mol. The van der Waals surface area contributed by atoms with Gasteiger partial charge in [0.15, 0.2) is 5.69 Å². The highest BCUT2D eigenvalue weighted by atomic mass is 16.5. The van der Waals surface area contributed by atoms with Gasteiger partial charge >= 0.3 is 5.97 Å². The van der Waals surface area contributed by atoms with E-state index in [1.807, 2.05) is 60.7 Å². The fourth-order valence-corrected chi connectivity index (χ4v) is 2.08. The molecule has 1 amide bonds. The zero-order chi connectivity index (χ0) is 17.5. The van der Waals surface area contributed by atoms with Gasteiger partial charge in [-0.25, -0.2) is 0 Å². The average Bonchev–Trinajstić information content (AvgIpc) is 3.16. The van der Waals surface area contributed by atoms with Crippen molar-refractivity contribution in [2.45, 2.75) is 6.61 Å². The third-order valence-corrected chi connectivity index (χ3v) is 3.35. The molecule has 3 aromatic rings. The Hall–Kier alpha value is -3.48. The predicted molar refractivity (Wildman–Crippen MR) is 89.9 cm³/mol. The molecule has 126 valence electrons. The van der Waals surface area contributed by atoms with Crippen molar-refractivity contribution in [3.63, 3.8) is 0 Å². The Morgan fingerprint density at radius 3 is 2.40 bits per heavy atom. The van der Waals surface area contributed by atoms with Crippen LogP contribution in [0, 0.1) is 0 Å². The largest absolute Gasteiger partial charge is 0.460 e. The summed E-state index contributed by atoms with van der Waals surface area (Å²) in [7, 11) is 0. The highest BCUT2D eigenvalue weighted by Gasteiger charge is 2.13. The van der Waals surface area contributed by atoms with Gasteiger partial charge in [-0.1, -0.05) is 48.5 Å². The third kappa shape index (κ3) is 4.51. The minimum absolute atomic E-state index is 0.125. The molecule has 0 fully saturated rings. The Morgan fingerprint density at radius 2 is 1.68 bits per heavy atom. The quantitative estimate of drug-likeness (QED) is 0.693. The van der Waals surface area contributed by atoms with E-state index in [9.17, 15) is 9.59 Å². The molecule has 0 unspecified atom stereocenters. The van der Waals surface area contributed by atoms with Gasteiger partial charge in [0.25, 0.3) is 5.91 Å². The van der Waals surface area contributed by atoms with E-state index in [0.717, 1.165) is 11.3 Å². The zero-order valence-corrected chi connectivity index (χ0v) is 13.3.